The molecule has 0 aliphatic carbocycles. The van der Waals surface area contributed by atoms with Gasteiger partial charge in [-0.2, -0.15) is 17.5 Å². The summed E-state index contributed by atoms with van der Waals surface area (Å²) in [5, 5.41) is 2.39. The number of halogens is 3. The van der Waals surface area contributed by atoms with Gasteiger partial charge in [-0.05, 0) is 49.2 Å². The maximum absolute atomic E-state index is 12.9. The molecule has 9 heteroatoms. The van der Waals surface area contributed by atoms with Crippen LogP contribution in [0.15, 0.2) is 53.4 Å². The Balaban J connectivity index is 1.81. The SMILES string of the molecule is O=C(Nc1cccc(C(F)(F)F)c1)c1cccc(S(=O)(=O)N2CCCCCC2)c1. The first kappa shape index (κ1) is 21.3. The number of sulfonamides is 1. The first-order chi connectivity index (χ1) is 13.7. The summed E-state index contributed by atoms with van der Waals surface area (Å²) in [5.41, 5.74) is -0.850. The highest BCUT2D eigenvalue weighted by atomic mass is 32.2. The van der Waals surface area contributed by atoms with Crippen LogP contribution in [0.1, 0.15) is 41.6 Å². The number of carbonyl (C=O) groups excluding carboxylic acids is 1. The molecule has 0 saturated carbocycles. The standard InChI is InChI=1S/C20H21F3N2O3S/c21-20(22,23)16-8-6-9-17(14-16)24-19(26)15-7-5-10-18(13-15)29(27,28)25-11-3-1-2-4-12-25/h5-10,13-14H,1-4,11-12H2,(H,24,26). The molecule has 1 saturated heterocycles. The van der Waals surface area contributed by atoms with Crippen LogP contribution < -0.4 is 5.32 Å². The number of anilines is 1. The number of nitrogens with zero attached hydrogens (tertiary/aromatic N) is 1. The molecule has 156 valence electrons. The topological polar surface area (TPSA) is 66.5 Å². The normalized spacial score (nSPS) is 16.2. The van der Waals surface area contributed by atoms with E-state index >= 15 is 0 Å². The molecule has 0 bridgehead atoms. The summed E-state index contributed by atoms with van der Waals surface area (Å²) < 4.78 is 65.7. The van der Waals surface area contributed by atoms with Crippen molar-refractivity contribution in [3.05, 3.63) is 59.7 Å². The lowest BCUT2D eigenvalue weighted by molar-refractivity contribution is -0.137. The fourth-order valence-corrected chi connectivity index (χ4v) is 4.77. The van der Waals surface area contributed by atoms with Gasteiger partial charge in [-0.25, -0.2) is 8.42 Å². The second kappa shape index (κ2) is 8.54. The number of alkyl halides is 3. The lowest BCUT2D eigenvalue weighted by atomic mass is 10.1. The van der Waals surface area contributed by atoms with E-state index in [-0.39, 0.29) is 16.1 Å². The Morgan fingerprint density at radius 2 is 1.59 bits per heavy atom. The van der Waals surface area contributed by atoms with Gasteiger partial charge in [0, 0.05) is 24.3 Å². The predicted octanol–water partition coefficient (Wildman–Crippen LogP) is 4.52. The molecule has 3 rings (SSSR count). The Morgan fingerprint density at radius 3 is 2.24 bits per heavy atom. The molecule has 0 spiro atoms. The van der Waals surface area contributed by atoms with E-state index in [2.05, 4.69) is 5.32 Å². The van der Waals surface area contributed by atoms with Gasteiger partial charge in [0.1, 0.15) is 0 Å². The summed E-state index contributed by atoms with van der Waals surface area (Å²) in [6.45, 7) is 0.867. The molecule has 0 radical (unpaired) electrons. The van der Waals surface area contributed by atoms with E-state index in [0.717, 1.165) is 37.8 Å². The largest absolute Gasteiger partial charge is 0.416 e. The zero-order valence-corrected chi connectivity index (χ0v) is 16.4. The number of carbonyl (C=O) groups is 1. The summed E-state index contributed by atoms with van der Waals surface area (Å²) >= 11 is 0. The Hall–Kier alpha value is -2.39. The van der Waals surface area contributed by atoms with E-state index in [1.807, 2.05) is 0 Å². The van der Waals surface area contributed by atoms with Gasteiger partial charge in [0.05, 0.1) is 10.5 Å². The summed E-state index contributed by atoms with van der Waals surface area (Å²) in [7, 11) is -3.74. The van der Waals surface area contributed by atoms with Crippen molar-refractivity contribution in [2.45, 2.75) is 36.8 Å². The molecule has 5 nitrogen and oxygen atoms in total. The second-order valence-electron chi connectivity index (χ2n) is 6.88. The van der Waals surface area contributed by atoms with Crippen LogP contribution in [0.25, 0.3) is 0 Å². The number of hydrogen-bond acceptors (Lipinski definition) is 3. The Labute approximate surface area is 167 Å². The third kappa shape index (κ3) is 5.16. The van der Waals surface area contributed by atoms with Crippen LogP contribution in [-0.2, 0) is 16.2 Å². The minimum Gasteiger partial charge on any atom is -0.322 e. The molecule has 1 N–H and O–H groups in total. The molecule has 1 fully saturated rings. The lowest BCUT2D eigenvalue weighted by Crippen LogP contribution is -2.32. The highest BCUT2D eigenvalue weighted by Gasteiger charge is 2.30. The van der Waals surface area contributed by atoms with E-state index in [0.29, 0.717) is 13.1 Å². The molecule has 1 aliphatic heterocycles. The molecule has 1 heterocycles. The van der Waals surface area contributed by atoms with Crippen LogP contribution in [-0.4, -0.2) is 31.7 Å². The van der Waals surface area contributed by atoms with Crippen LogP contribution in [0.3, 0.4) is 0 Å². The average Bonchev–Trinajstić information content (AvgIpc) is 2.98. The monoisotopic (exact) mass is 426 g/mol. The van der Waals surface area contributed by atoms with Crippen molar-refractivity contribution in [1.29, 1.82) is 0 Å². The van der Waals surface area contributed by atoms with Gasteiger partial charge in [-0.1, -0.05) is 25.0 Å². The maximum atomic E-state index is 12.9. The predicted molar refractivity (Wildman–Crippen MR) is 103 cm³/mol. The van der Waals surface area contributed by atoms with Crippen molar-refractivity contribution in [2.75, 3.05) is 18.4 Å². The molecule has 0 atom stereocenters. The number of nitrogens with one attached hydrogen (secondary N) is 1. The first-order valence-electron chi connectivity index (χ1n) is 9.27. The molecule has 1 aliphatic rings. The van der Waals surface area contributed by atoms with E-state index in [4.69, 9.17) is 0 Å². The first-order valence-corrected chi connectivity index (χ1v) is 10.7. The molecule has 1 amide bonds. The van der Waals surface area contributed by atoms with Gasteiger partial charge in [-0.3, -0.25) is 4.79 Å². The summed E-state index contributed by atoms with van der Waals surface area (Å²) in [6.07, 6.45) is -0.997. The van der Waals surface area contributed by atoms with E-state index < -0.39 is 27.7 Å². The number of rotatable bonds is 4. The molecule has 29 heavy (non-hydrogen) atoms. The summed E-state index contributed by atoms with van der Waals surface area (Å²) in [5.74, 6) is -0.683. The van der Waals surface area contributed by atoms with Crippen molar-refractivity contribution in [2.24, 2.45) is 0 Å². The zero-order chi connectivity index (χ0) is 21.1. The van der Waals surface area contributed by atoms with Crippen LogP contribution in [0.4, 0.5) is 18.9 Å². The van der Waals surface area contributed by atoms with E-state index in [1.54, 1.807) is 0 Å². The smallest absolute Gasteiger partial charge is 0.322 e. The summed E-state index contributed by atoms with van der Waals surface area (Å²) in [4.78, 5) is 12.5. The number of amides is 1. The van der Waals surface area contributed by atoms with Gasteiger partial charge in [0.15, 0.2) is 0 Å². The van der Waals surface area contributed by atoms with Gasteiger partial charge in [0.2, 0.25) is 10.0 Å². The zero-order valence-electron chi connectivity index (χ0n) is 15.6. The highest BCUT2D eigenvalue weighted by Crippen LogP contribution is 2.31. The molecular formula is C20H21F3N2O3S. The minimum absolute atomic E-state index is 0.00362. The van der Waals surface area contributed by atoms with Crippen molar-refractivity contribution in [3.8, 4) is 0 Å². The Kier molecular flexibility index (Phi) is 6.28. The fourth-order valence-electron chi connectivity index (χ4n) is 3.21. The minimum atomic E-state index is -4.53. The molecule has 2 aromatic rings. The van der Waals surface area contributed by atoms with Gasteiger partial charge >= 0.3 is 6.18 Å². The van der Waals surface area contributed by atoms with Crippen LogP contribution in [0.2, 0.25) is 0 Å². The van der Waals surface area contributed by atoms with Crippen LogP contribution >= 0.6 is 0 Å². The fraction of sp³-hybridized carbons (Fsp3) is 0.350. The Bertz CT molecular complexity index is 982. The van der Waals surface area contributed by atoms with Crippen molar-refractivity contribution < 1.29 is 26.4 Å². The molecule has 2 aromatic carbocycles. The Morgan fingerprint density at radius 1 is 0.931 bits per heavy atom. The van der Waals surface area contributed by atoms with Crippen LogP contribution in [0, 0.1) is 0 Å². The van der Waals surface area contributed by atoms with E-state index in [9.17, 15) is 26.4 Å². The quantitative estimate of drug-likeness (QED) is 0.782. The van der Waals surface area contributed by atoms with Crippen LogP contribution in [0.5, 0.6) is 0 Å². The lowest BCUT2D eigenvalue weighted by Gasteiger charge is -2.20. The second-order valence-corrected chi connectivity index (χ2v) is 8.82. The summed E-state index contributed by atoms with van der Waals surface area (Å²) in [6, 6.07) is 9.81. The average molecular weight is 426 g/mol. The van der Waals surface area contributed by atoms with Crippen molar-refractivity contribution in [3.63, 3.8) is 0 Å². The molecule has 0 aromatic heterocycles. The van der Waals surface area contributed by atoms with Gasteiger partial charge < -0.3 is 5.32 Å². The third-order valence-electron chi connectivity index (χ3n) is 4.75. The highest BCUT2D eigenvalue weighted by molar-refractivity contribution is 7.89. The molecular weight excluding hydrogens is 405 g/mol. The molecule has 0 unspecified atom stereocenters. The maximum Gasteiger partial charge on any atom is 0.416 e. The van der Waals surface area contributed by atoms with Crippen molar-refractivity contribution in [1.82, 2.24) is 4.31 Å². The third-order valence-corrected chi connectivity index (χ3v) is 6.64. The number of hydrogen-bond donors (Lipinski definition) is 1. The van der Waals surface area contributed by atoms with Crippen molar-refractivity contribution >= 4 is 21.6 Å². The van der Waals surface area contributed by atoms with Gasteiger partial charge in [0.25, 0.3) is 5.91 Å². The van der Waals surface area contributed by atoms with E-state index in [1.165, 1.54) is 40.7 Å². The number of benzene rings is 2. The van der Waals surface area contributed by atoms with Gasteiger partial charge in [-0.15, -0.1) is 0 Å².